The highest BCUT2D eigenvalue weighted by Gasteiger charge is 2.33. The third kappa shape index (κ3) is 4.45. The number of alkyl halides is 1. The number of esters is 1. The van der Waals surface area contributed by atoms with Crippen molar-refractivity contribution >= 4 is 21.9 Å². The zero-order chi connectivity index (χ0) is 14.4. The molecule has 0 spiro atoms. The monoisotopic (exact) mass is 345 g/mol. The van der Waals surface area contributed by atoms with Crippen molar-refractivity contribution in [3.05, 3.63) is 0 Å². The van der Waals surface area contributed by atoms with Gasteiger partial charge < -0.3 is 4.74 Å². The van der Waals surface area contributed by atoms with Gasteiger partial charge >= 0.3 is 5.97 Å². The van der Waals surface area contributed by atoms with E-state index in [0.29, 0.717) is 18.6 Å². The van der Waals surface area contributed by atoms with Crippen LogP contribution in [0.15, 0.2) is 0 Å². The van der Waals surface area contributed by atoms with Crippen LogP contribution in [0.4, 0.5) is 0 Å². The van der Waals surface area contributed by atoms with Crippen LogP contribution < -0.4 is 0 Å². The van der Waals surface area contributed by atoms with Gasteiger partial charge in [0.15, 0.2) is 0 Å². The van der Waals surface area contributed by atoms with Gasteiger partial charge in [0.25, 0.3) is 0 Å². The van der Waals surface area contributed by atoms with Crippen molar-refractivity contribution < 1.29 is 9.53 Å². The first kappa shape index (κ1) is 16.3. The molecule has 2 fully saturated rings. The van der Waals surface area contributed by atoms with Crippen LogP contribution in [-0.2, 0) is 9.53 Å². The van der Waals surface area contributed by atoms with Crippen LogP contribution in [-0.4, -0.2) is 41.4 Å². The SMILES string of the molecule is CCCCC(Br)C(=O)OCC1CCCN2CCCCC12. The summed E-state index contributed by atoms with van der Waals surface area (Å²) < 4.78 is 5.58. The minimum Gasteiger partial charge on any atom is -0.464 e. The highest BCUT2D eigenvalue weighted by atomic mass is 79.9. The molecule has 0 N–H and O–H groups in total. The first-order chi connectivity index (χ1) is 9.72. The molecule has 0 radical (unpaired) electrons. The van der Waals surface area contributed by atoms with Crippen molar-refractivity contribution in [1.82, 2.24) is 4.90 Å². The van der Waals surface area contributed by atoms with Gasteiger partial charge in [-0.1, -0.05) is 42.1 Å². The van der Waals surface area contributed by atoms with Crippen molar-refractivity contribution in [3.8, 4) is 0 Å². The predicted octanol–water partition coefficient (Wildman–Crippen LogP) is 3.75. The molecule has 0 aromatic carbocycles. The van der Waals surface area contributed by atoms with Gasteiger partial charge in [0, 0.05) is 12.0 Å². The van der Waals surface area contributed by atoms with Crippen molar-refractivity contribution in [3.63, 3.8) is 0 Å². The van der Waals surface area contributed by atoms with Gasteiger partial charge in [-0.25, -0.2) is 0 Å². The number of piperidine rings is 2. The number of hydrogen-bond acceptors (Lipinski definition) is 3. The lowest BCUT2D eigenvalue weighted by atomic mass is 9.84. The number of hydrogen-bond donors (Lipinski definition) is 0. The Bertz CT molecular complexity index is 309. The molecule has 20 heavy (non-hydrogen) atoms. The quantitative estimate of drug-likeness (QED) is 0.542. The second-order valence-electron chi connectivity index (χ2n) is 6.24. The molecule has 3 unspecified atom stereocenters. The topological polar surface area (TPSA) is 29.5 Å². The van der Waals surface area contributed by atoms with Crippen LogP contribution in [0.25, 0.3) is 0 Å². The van der Waals surface area contributed by atoms with Crippen molar-refractivity contribution in [2.24, 2.45) is 5.92 Å². The molecule has 2 aliphatic heterocycles. The van der Waals surface area contributed by atoms with Crippen LogP contribution in [0.2, 0.25) is 0 Å². The fourth-order valence-electron chi connectivity index (χ4n) is 3.55. The van der Waals surface area contributed by atoms with Crippen molar-refractivity contribution in [2.75, 3.05) is 19.7 Å². The summed E-state index contributed by atoms with van der Waals surface area (Å²) in [7, 11) is 0. The second kappa shape index (κ2) is 8.38. The van der Waals surface area contributed by atoms with E-state index in [1.54, 1.807) is 0 Å². The fraction of sp³-hybridized carbons (Fsp3) is 0.938. The maximum absolute atomic E-state index is 12.0. The van der Waals surface area contributed by atoms with E-state index in [1.807, 2.05) is 0 Å². The van der Waals surface area contributed by atoms with Gasteiger partial charge in [0.05, 0.1) is 6.61 Å². The van der Waals surface area contributed by atoms with Gasteiger partial charge in [-0.05, 0) is 45.2 Å². The number of unbranched alkanes of at least 4 members (excludes halogenated alkanes) is 1. The lowest BCUT2D eigenvalue weighted by Crippen LogP contribution is -2.49. The average molecular weight is 346 g/mol. The summed E-state index contributed by atoms with van der Waals surface area (Å²) in [6, 6.07) is 0.662. The molecule has 4 heteroatoms. The summed E-state index contributed by atoms with van der Waals surface area (Å²) in [6.07, 6.45) is 9.51. The lowest BCUT2D eigenvalue weighted by molar-refractivity contribution is -0.146. The van der Waals surface area contributed by atoms with E-state index in [9.17, 15) is 4.79 Å². The summed E-state index contributed by atoms with van der Waals surface area (Å²) >= 11 is 3.45. The molecule has 0 aliphatic carbocycles. The molecule has 2 saturated heterocycles. The molecule has 116 valence electrons. The minimum absolute atomic E-state index is 0.0635. The van der Waals surface area contributed by atoms with E-state index < -0.39 is 0 Å². The van der Waals surface area contributed by atoms with Crippen LogP contribution in [0.3, 0.4) is 0 Å². The maximum Gasteiger partial charge on any atom is 0.319 e. The van der Waals surface area contributed by atoms with E-state index in [4.69, 9.17) is 4.74 Å². The Kier molecular flexibility index (Phi) is 6.82. The summed E-state index contributed by atoms with van der Waals surface area (Å²) in [6.45, 7) is 5.25. The first-order valence-electron chi connectivity index (χ1n) is 8.27. The van der Waals surface area contributed by atoms with E-state index >= 15 is 0 Å². The second-order valence-corrected chi connectivity index (χ2v) is 7.35. The highest BCUT2D eigenvalue weighted by Crippen LogP contribution is 2.31. The molecular formula is C16H28BrNO2. The smallest absolute Gasteiger partial charge is 0.319 e. The Morgan fingerprint density at radius 1 is 1.30 bits per heavy atom. The van der Waals surface area contributed by atoms with Gasteiger partial charge in [-0.2, -0.15) is 0 Å². The van der Waals surface area contributed by atoms with Crippen molar-refractivity contribution in [2.45, 2.75) is 69.2 Å². The van der Waals surface area contributed by atoms with E-state index in [1.165, 1.54) is 45.2 Å². The molecule has 2 heterocycles. The Hall–Kier alpha value is -0.0900. The number of ether oxygens (including phenoxy) is 1. The fourth-order valence-corrected chi connectivity index (χ4v) is 4.01. The molecular weight excluding hydrogens is 318 g/mol. The highest BCUT2D eigenvalue weighted by molar-refractivity contribution is 9.10. The zero-order valence-electron chi connectivity index (χ0n) is 12.7. The third-order valence-corrected chi connectivity index (χ3v) is 5.57. The molecule has 2 aliphatic rings. The largest absolute Gasteiger partial charge is 0.464 e. The molecule has 0 saturated carbocycles. The van der Waals surface area contributed by atoms with Gasteiger partial charge in [0.2, 0.25) is 0 Å². The predicted molar refractivity (Wildman–Crippen MR) is 85.1 cm³/mol. The van der Waals surface area contributed by atoms with Gasteiger partial charge in [0.1, 0.15) is 4.83 Å². The van der Waals surface area contributed by atoms with Crippen LogP contribution in [0.5, 0.6) is 0 Å². The number of carbonyl (C=O) groups is 1. The number of carbonyl (C=O) groups excluding carboxylic acids is 1. The normalized spacial score (nSPS) is 28.7. The average Bonchev–Trinajstić information content (AvgIpc) is 2.50. The first-order valence-corrected chi connectivity index (χ1v) is 9.18. The standard InChI is InChI=1S/C16H28BrNO2/c1-2-3-8-14(17)16(19)20-12-13-7-6-11-18-10-5-4-9-15(13)18/h13-15H,2-12H2,1H3. The number of halogens is 1. The zero-order valence-corrected chi connectivity index (χ0v) is 14.2. The maximum atomic E-state index is 12.0. The van der Waals surface area contributed by atoms with E-state index in [0.717, 1.165) is 19.3 Å². The molecule has 3 atom stereocenters. The van der Waals surface area contributed by atoms with Gasteiger partial charge in [-0.3, -0.25) is 9.69 Å². The Morgan fingerprint density at radius 3 is 2.90 bits per heavy atom. The molecule has 0 amide bonds. The summed E-state index contributed by atoms with van der Waals surface area (Å²) in [5, 5.41) is 0. The lowest BCUT2D eigenvalue weighted by Gasteiger charge is -2.44. The number of nitrogens with zero attached hydrogens (tertiary/aromatic N) is 1. The van der Waals surface area contributed by atoms with Crippen LogP contribution >= 0.6 is 15.9 Å². The van der Waals surface area contributed by atoms with Gasteiger partial charge in [-0.15, -0.1) is 0 Å². The van der Waals surface area contributed by atoms with E-state index in [2.05, 4.69) is 27.8 Å². The molecule has 2 rings (SSSR count). The molecule has 3 nitrogen and oxygen atoms in total. The summed E-state index contributed by atoms with van der Waals surface area (Å²) in [5.41, 5.74) is 0. The molecule has 0 bridgehead atoms. The Balaban J connectivity index is 1.76. The molecule has 0 aromatic heterocycles. The van der Waals surface area contributed by atoms with Crippen LogP contribution in [0.1, 0.15) is 58.3 Å². The summed E-state index contributed by atoms with van der Waals surface area (Å²) in [5.74, 6) is 0.491. The van der Waals surface area contributed by atoms with E-state index in [-0.39, 0.29) is 10.8 Å². The molecule has 0 aromatic rings. The minimum atomic E-state index is -0.117. The van der Waals surface area contributed by atoms with Crippen LogP contribution in [0, 0.1) is 5.92 Å². The number of fused-ring (bicyclic) bond motifs is 1. The summed E-state index contributed by atoms with van der Waals surface area (Å²) in [4.78, 5) is 14.5. The Morgan fingerprint density at radius 2 is 2.10 bits per heavy atom. The Labute approximate surface area is 131 Å². The third-order valence-electron chi connectivity index (χ3n) is 4.74. The van der Waals surface area contributed by atoms with Crippen molar-refractivity contribution in [1.29, 1.82) is 0 Å². The number of rotatable bonds is 6.